The lowest BCUT2D eigenvalue weighted by atomic mass is 9.78. The number of hydrogen-bond donors (Lipinski definition) is 2. The van der Waals surface area contributed by atoms with Gasteiger partial charge in [0.15, 0.2) is 5.75 Å². The average molecular weight is 627 g/mol. The lowest BCUT2D eigenvalue weighted by Gasteiger charge is -2.32. The zero-order valence-electron chi connectivity index (χ0n) is 22.9. The van der Waals surface area contributed by atoms with Gasteiger partial charge in [-0.1, -0.05) is 48.7 Å². The topological polar surface area (TPSA) is 131 Å². The number of benzene rings is 1. The van der Waals surface area contributed by atoms with E-state index in [1.165, 1.54) is 17.2 Å². The first-order chi connectivity index (χ1) is 19.4. The molecule has 0 radical (unpaired) electrons. The molecule has 4 rings (SSSR count). The fourth-order valence-electron chi connectivity index (χ4n) is 4.35. The number of allylic oxidation sites excluding steroid dienone is 2. The van der Waals surface area contributed by atoms with E-state index >= 15 is 0 Å². The predicted octanol–water partition coefficient (Wildman–Crippen LogP) is 6.32. The van der Waals surface area contributed by atoms with Gasteiger partial charge in [-0.05, 0) is 43.5 Å². The second kappa shape index (κ2) is 13.9. The molecule has 0 saturated carbocycles. The van der Waals surface area contributed by atoms with E-state index in [0.717, 1.165) is 6.42 Å². The van der Waals surface area contributed by atoms with Crippen molar-refractivity contribution >= 4 is 52.6 Å². The van der Waals surface area contributed by atoms with Crippen LogP contribution in [0, 0.1) is 5.92 Å². The molecule has 0 saturated heterocycles. The third-order valence-corrected chi connectivity index (χ3v) is 7.37. The summed E-state index contributed by atoms with van der Waals surface area (Å²) in [6.45, 7) is 8.63. The predicted molar refractivity (Wildman–Crippen MR) is 155 cm³/mol. The number of hydrogen-bond acceptors (Lipinski definition) is 7. The number of ketones is 1. The van der Waals surface area contributed by atoms with E-state index in [2.05, 4.69) is 4.98 Å². The summed E-state index contributed by atoms with van der Waals surface area (Å²) in [7, 11) is 0. The van der Waals surface area contributed by atoms with Crippen LogP contribution in [0.2, 0.25) is 15.1 Å². The lowest BCUT2D eigenvalue weighted by molar-refractivity contribution is -0.134. The highest BCUT2D eigenvalue weighted by atomic mass is 35.5. The molecular formula is C28H30Cl3N3O7. The molecule has 2 atom stereocenters. The number of carbonyl (C=O) groups excluding carboxylic acids is 2. The summed E-state index contributed by atoms with van der Waals surface area (Å²) in [5, 5.41) is 20.0. The van der Waals surface area contributed by atoms with E-state index in [1.807, 2.05) is 20.8 Å². The minimum absolute atomic E-state index is 0.0774. The molecule has 13 heteroatoms. The summed E-state index contributed by atoms with van der Waals surface area (Å²) >= 11 is 18.0. The van der Waals surface area contributed by atoms with Crippen LogP contribution in [0.5, 0.6) is 5.75 Å². The van der Waals surface area contributed by atoms with Gasteiger partial charge in [0.2, 0.25) is 5.78 Å². The summed E-state index contributed by atoms with van der Waals surface area (Å²) in [6.07, 6.45) is 6.65. The van der Waals surface area contributed by atoms with E-state index in [4.69, 9.17) is 49.4 Å². The first kappa shape index (κ1) is 32.0. The SMILES string of the molecule is CC1=C2C(=CO[C@H](C)[C@H]2C)C(=O)C(C(=O)O)=C1O.CCCN(CCOc1c(Cl)cc(Cl)cc1Cl)C(=O)n1ccnc1. The number of ether oxygens (including phenoxy) is 2. The fraction of sp³-hybridized carbons (Fsp3) is 0.357. The van der Waals surface area contributed by atoms with Gasteiger partial charge in [0.1, 0.15) is 30.4 Å². The molecule has 2 aliphatic rings. The number of amides is 1. The van der Waals surface area contributed by atoms with Crippen LogP contribution in [-0.2, 0) is 14.3 Å². The molecule has 220 valence electrons. The maximum atomic E-state index is 12.3. The summed E-state index contributed by atoms with van der Waals surface area (Å²) in [5.41, 5.74) is 0.739. The van der Waals surface area contributed by atoms with Crippen LogP contribution in [0.4, 0.5) is 4.79 Å². The van der Waals surface area contributed by atoms with Crippen molar-refractivity contribution in [2.45, 2.75) is 40.2 Å². The zero-order valence-corrected chi connectivity index (χ0v) is 25.1. The summed E-state index contributed by atoms with van der Waals surface area (Å²) in [6, 6.07) is 2.97. The van der Waals surface area contributed by atoms with Crippen molar-refractivity contribution < 1.29 is 34.1 Å². The van der Waals surface area contributed by atoms with Crippen molar-refractivity contribution in [2.24, 2.45) is 5.92 Å². The van der Waals surface area contributed by atoms with Crippen molar-refractivity contribution in [2.75, 3.05) is 19.7 Å². The largest absolute Gasteiger partial charge is 0.507 e. The molecule has 2 heterocycles. The molecule has 0 unspecified atom stereocenters. The first-order valence-corrected chi connectivity index (χ1v) is 13.8. The van der Waals surface area contributed by atoms with Crippen LogP contribution in [0.15, 0.2) is 65.2 Å². The van der Waals surface area contributed by atoms with Crippen LogP contribution in [0.25, 0.3) is 0 Å². The van der Waals surface area contributed by atoms with Crippen LogP contribution in [-0.4, -0.2) is 68.2 Å². The van der Waals surface area contributed by atoms with Gasteiger partial charge in [0, 0.05) is 29.9 Å². The molecule has 1 aliphatic heterocycles. The van der Waals surface area contributed by atoms with Crippen LogP contribution in [0.3, 0.4) is 0 Å². The van der Waals surface area contributed by atoms with E-state index in [0.29, 0.717) is 45.1 Å². The minimum Gasteiger partial charge on any atom is -0.507 e. The molecule has 1 amide bonds. The number of carbonyl (C=O) groups is 3. The zero-order chi connectivity index (χ0) is 30.4. The second-order valence-electron chi connectivity index (χ2n) is 9.34. The molecular weight excluding hydrogens is 597 g/mol. The van der Waals surface area contributed by atoms with E-state index in [9.17, 15) is 19.5 Å². The summed E-state index contributed by atoms with van der Waals surface area (Å²) < 4.78 is 12.4. The van der Waals surface area contributed by atoms with Crippen molar-refractivity contribution in [3.8, 4) is 5.75 Å². The van der Waals surface area contributed by atoms with Crippen LogP contribution < -0.4 is 4.74 Å². The van der Waals surface area contributed by atoms with E-state index in [1.54, 1.807) is 36.4 Å². The Morgan fingerprint density at radius 3 is 2.39 bits per heavy atom. The average Bonchev–Trinajstić information content (AvgIpc) is 3.45. The number of aliphatic carboxylic acids is 1. The number of aromatic nitrogens is 2. The van der Waals surface area contributed by atoms with Gasteiger partial charge in [-0.25, -0.2) is 14.6 Å². The number of rotatable bonds is 7. The quantitative estimate of drug-likeness (QED) is 0.341. The first-order valence-electron chi connectivity index (χ1n) is 12.7. The number of carboxylic acid groups (broad SMARTS) is 1. The number of carboxylic acids is 1. The van der Waals surface area contributed by atoms with Gasteiger partial charge >= 0.3 is 12.0 Å². The Labute approximate surface area is 252 Å². The van der Waals surface area contributed by atoms with Crippen LogP contribution in [0.1, 0.15) is 34.1 Å². The van der Waals surface area contributed by atoms with Crippen molar-refractivity contribution in [3.63, 3.8) is 0 Å². The maximum absolute atomic E-state index is 12.3. The fourth-order valence-corrected chi connectivity index (χ4v) is 5.27. The molecule has 0 spiro atoms. The highest BCUT2D eigenvalue weighted by Crippen LogP contribution is 2.39. The number of imidazole rings is 1. The van der Waals surface area contributed by atoms with Gasteiger partial charge < -0.3 is 24.6 Å². The highest BCUT2D eigenvalue weighted by Gasteiger charge is 2.39. The number of fused-ring (bicyclic) bond motifs is 1. The molecule has 1 aliphatic carbocycles. The Balaban J connectivity index is 0.000000232. The molecule has 2 N–H and O–H groups in total. The van der Waals surface area contributed by atoms with Crippen LogP contribution >= 0.6 is 34.8 Å². The Morgan fingerprint density at radius 2 is 1.83 bits per heavy atom. The van der Waals surface area contributed by atoms with Gasteiger partial charge in [0.05, 0.1) is 28.4 Å². The maximum Gasteiger partial charge on any atom is 0.343 e. The number of aliphatic hydroxyl groups excluding tert-OH is 1. The Kier molecular flexibility index (Phi) is 10.9. The number of Topliss-reactive ketones (excluding diaryl/α,β-unsaturated/α-hetero) is 1. The van der Waals surface area contributed by atoms with Gasteiger partial charge in [-0.2, -0.15) is 0 Å². The number of aliphatic hydroxyl groups is 1. The molecule has 2 aromatic rings. The standard InChI is InChI=1S/C15H16Cl3N3O2.C13H14O5/c1-2-4-20(15(22)21-5-3-19-10-21)6-7-23-14-12(17)8-11(16)9-13(14)18;1-5-7(3)18-4-8-9(5)6(2)11(14)10(12(8)15)13(16)17/h3,5,8-10H,2,4,6-7H2,1H3;4-5,7,14H,1-3H3,(H,16,17)/t;5-,7-/m.1/s1. The third-order valence-electron chi connectivity index (χ3n) is 6.59. The highest BCUT2D eigenvalue weighted by molar-refractivity contribution is 6.40. The molecule has 1 aromatic heterocycles. The molecule has 0 bridgehead atoms. The van der Waals surface area contributed by atoms with Crippen molar-refractivity contribution in [3.05, 3.63) is 80.2 Å². The molecule has 1 aromatic carbocycles. The Hall–Kier alpha value is -3.47. The normalized spacial score (nSPS) is 18.1. The minimum atomic E-state index is -1.43. The molecule has 0 fully saturated rings. The number of halogens is 3. The van der Waals surface area contributed by atoms with Gasteiger partial charge in [0.25, 0.3) is 0 Å². The van der Waals surface area contributed by atoms with Crippen molar-refractivity contribution in [1.29, 1.82) is 0 Å². The van der Waals surface area contributed by atoms with Gasteiger partial charge in [-0.15, -0.1) is 0 Å². The third kappa shape index (κ3) is 7.25. The summed E-state index contributed by atoms with van der Waals surface area (Å²) in [4.78, 5) is 40.9. The van der Waals surface area contributed by atoms with E-state index in [-0.39, 0.29) is 30.2 Å². The second-order valence-corrected chi connectivity index (χ2v) is 10.6. The lowest BCUT2D eigenvalue weighted by Crippen LogP contribution is -2.37. The summed E-state index contributed by atoms with van der Waals surface area (Å²) in [5.74, 6) is -2.28. The smallest absolute Gasteiger partial charge is 0.343 e. The number of nitrogens with zero attached hydrogens (tertiary/aromatic N) is 3. The monoisotopic (exact) mass is 625 g/mol. The van der Waals surface area contributed by atoms with E-state index < -0.39 is 23.1 Å². The Bertz CT molecular complexity index is 1390. The van der Waals surface area contributed by atoms with Crippen molar-refractivity contribution in [1.82, 2.24) is 14.5 Å². The molecule has 41 heavy (non-hydrogen) atoms. The van der Waals surface area contributed by atoms with Gasteiger partial charge in [-0.3, -0.25) is 9.36 Å². The Morgan fingerprint density at radius 1 is 1.17 bits per heavy atom. The molecule has 10 nitrogen and oxygen atoms in total.